The maximum Gasteiger partial charge on any atom is 0.316 e. The molecule has 5 N–H and O–H groups in total. The van der Waals surface area contributed by atoms with Crippen LogP contribution in [0.5, 0.6) is 0 Å². The summed E-state index contributed by atoms with van der Waals surface area (Å²) in [5.41, 5.74) is 11.8. The van der Waals surface area contributed by atoms with Gasteiger partial charge in [0.25, 0.3) is 0 Å². The van der Waals surface area contributed by atoms with Gasteiger partial charge in [-0.05, 0) is 99.0 Å². The van der Waals surface area contributed by atoms with E-state index in [2.05, 4.69) is 42.5 Å². The SMILES string of the molecule is CN(C)Cc1ccc(SN)s1.NC(=O)Nc1c2c(cc3c1CCC3)CCC2. The highest BCUT2D eigenvalue weighted by molar-refractivity contribution is 7.99. The highest BCUT2D eigenvalue weighted by Crippen LogP contribution is 2.38. The number of benzene rings is 1. The lowest BCUT2D eigenvalue weighted by molar-refractivity contribution is 0.259. The molecule has 4 rings (SSSR count). The number of nitrogens with two attached hydrogens (primary N) is 2. The fourth-order valence-corrected chi connectivity index (χ4v) is 5.42. The summed E-state index contributed by atoms with van der Waals surface area (Å²) >= 11 is 3.07. The largest absolute Gasteiger partial charge is 0.351 e. The highest BCUT2D eigenvalue weighted by Gasteiger charge is 2.24. The average molecular weight is 405 g/mol. The predicted molar refractivity (Wildman–Crippen MR) is 115 cm³/mol. The topological polar surface area (TPSA) is 84.4 Å². The summed E-state index contributed by atoms with van der Waals surface area (Å²) < 4.78 is 1.18. The number of amides is 2. The van der Waals surface area contributed by atoms with E-state index in [9.17, 15) is 4.79 Å². The number of urea groups is 1. The van der Waals surface area contributed by atoms with Crippen LogP contribution in [-0.4, -0.2) is 25.0 Å². The molecule has 1 aromatic heterocycles. The van der Waals surface area contributed by atoms with Crippen molar-refractivity contribution in [2.75, 3.05) is 19.4 Å². The van der Waals surface area contributed by atoms with Crippen LogP contribution in [0.4, 0.5) is 10.5 Å². The molecule has 0 saturated heterocycles. The first-order valence-corrected chi connectivity index (χ1v) is 11.0. The van der Waals surface area contributed by atoms with Gasteiger partial charge in [0.2, 0.25) is 0 Å². The van der Waals surface area contributed by atoms with Gasteiger partial charge in [-0.3, -0.25) is 5.14 Å². The molecule has 27 heavy (non-hydrogen) atoms. The second-order valence-electron chi connectivity index (χ2n) is 7.30. The number of hydrogen-bond acceptors (Lipinski definition) is 5. The summed E-state index contributed by atoms with van der Waals surface area (Å²) in [6.45, 7) is 1.01. The summed E-state index contributed by atoms with van der Waals surface area (Å²) in [6.07, 6.45) is 6.86. The third kappa shape index (κ3) is 5.04. The number of primary amides is 1. The molecule has 0 aliphatic heterocycles. The minimum absolute atomic E-state index is 0.436. The van der Waals surface area contributed by atoms with Crippen molar-refractivity contribution in [1.82, 2.24) is 4.90 Å². The van der Waals surface area contributed by atoms with E-state index < -0.39 is 6.03 Å². The Bertz CT molecular complexity index is 784. The van der Waals surface area contributed by atoms with E-state index >= 15 is 0 Å². The molecule has 2 aromatic rings. The standard InChI is InChI=1S/C13H16N2O.C7H12N2S2/c14-13(16)15-12-10-5-1-3-8(10)7-9-4-2-6-11(9)12;1-9(2)5-6-3-4-7(10-6)11-8/h7H,1-6H2,(H3,14,15,16);3-4H,5,8H2,1-2H3. The van der Waals surface area contributed by atoms with Crippen LogP contribution in [0, 0.1) is 0 Å². The quantitative estimate of drug-likeness (QED) is 0.674. The maximum atomic E-state index is 11.1. The fraction of sp³-hybridized carbons (Fsp3) is 0.450. The van der Waals surface area contributed by atoms with Crippen molar-refractivity contribution in [2.45, 2.75) is 49.3 Å². The molecule has 1 heterocycles. The molecule has 0 bridgehead atoms. The molecule has 7 heteroatoms. The number of fused-ring (bicyclic) bond motifs is 2. The summed E-state index contributed by atoms with van der Waals surface area (Å²) in [5, 5.41) is 8.25. The van der Waals surface area contributed by atoms with Gasteiger partial charge in [-0.25, -0.2) is 4.79 Å². The van der Waals surface area contributed by atoms with Crippen molar-refractivity contribution in [3.8, 4) is 0 Å². The lowest BCUT2D eigenvalue weighted by Crippen LogP contribution is -2.21. The Hall–Kier alpha value is -1.54. The second kappa shape index (κ2) is 9.10. The Labute approximate surface area is 169 Å². The first-order chi connectivity index (χ1) is 13.0. The van der Waals surface area contributed by atoms with E-state index in [-0.39, 0.29) is 0 Å². The van der Waals surface area contributed by atoms with Crippen molar-refractivity contribution in [3.63, 3.8) is 0 Å². The zero-order valence-electron chi connectivity index (χ0n) is 16.0. The Kier molecular flexibility index (Phi) is 6.81. The Morgan fingerprint density at radius 3 is 2.26 bits per heavy atom. The van der Waals surface area contributed by atoms with Crippen molar-refractivity contribution < 1.29 is 4.79 Å². The number of anilines is 1. The summed E-state index contributed by atoms with van der Waals surface area (Å²) in [5.74, 6) is 0. The molecule has 2 aliphatic carbocycles. The minimum atomic E-state index is -0.436. The molecule has 146 valence electrons. The van der Waals surface area contributed by atoms with Gasteiger partial charge >= 0.3 is 6.03 Å². The van der Waals surface area contributed by atoms with Gasteiger partial charge in [0, 0.05) is 17.1 Å². The van der Waals surface area contributed by atoms with Gasteiger partial charge in [-0.15, -0.1) is 11.3 Å². The van der Waals surface area contributed by atoms with E-state index in [1.807, 2.05) is 0 Å². The molecular weight excluding hydrogens is 376 g/mol. The third-order valence-electron chi connectivity index (χ3n) is 4.95. The predicted octanol–water partition coefficient (Wildman–Crippen LogP) is 3.93. The van der Waals surface area contributed by atoms with Crippen LogP contribution in [0.1, 0.15) is 40.0 Å². The van der Waals surface area contributed by atoms with Crippen molar-refractivity contribution in [1.29, 1.82) is 0 Å². The lowest BCUT2D eigenvalue weighted by Gasteiger charge is -2.14. The van der Waals surface area contributed by atoms with Crippen LogP contribution in [-0.2, 0) is 32.2 Å². The van der Waals surface area contributed by atoms with E-state index in [0.29, 0.717) is 0 Å². The van der Waals surface area contributed by atoms with Gasteiger partial charge in [-0.2, -0.15) is 0 Å². The van der Waals surface area contributed by atoms with Crippen LogP contribution in [0.3, 0.4) is 0 Å². The summed E-state index contributed by atoms with van der Waals surface area (Å²) in [7, 11) is 4.13. The molecule has 5 nitrogen and oxygen atoms in total. The normalized spacial score (nSPS) is 14.5. The molecule has 0 unspecified atom stereocenters. The van der Waals surface area contributed by atoms with Gasteiger partial charge < -0.3 is 16.0 Å². The highest BCUT2D eigenvalue weighted by atomic mass is 32.2. The monoisotopic (exact) mass is 404 g/mol. The van der Waals surface area contributed by atoms with Crippen molar-refractivity contribution >= 4 is 35.0 Å². The van der Waals surface area contributed by atoms with Gasteiger partial charge in [0.05, 0.1) is 4.21 Å². The molecule has 0 saturated carbocycles. The molecule has 0 radical (unpaired) electrons. The number of nitrogens with zero attached hydrogens (tertiary/aromatic N) is 1. The molecule has 0 spiro atoms. The number of thiophene rings is 1. The average Bonchev–Trinajstić information content (AvgIpc) is 3.33. The van der Waals surface area contributed by atoms with Crippen LogP contribution >= 0.6 is 23.3 Å². The third-order valence-corrected chi connectivity index (χ3v) is 6.72. The van der Waals surface area contributed by atoms with Crippen molar-refractivity contribution in [3.05, 3.63) is 45.3 Å². The molecule has 2 amide bonds. The van der Waals surface area contributed by atoms with Gasteiger partial charge in [-0.1, -0.05) is 6.07 Å². The minimum Gasteiger partial charge on any atom is -0.351 e. The zero-order valence-corrected chi connectivity index (χ0v) is 17.6. The Balaban J connectivity index is 0.000000168. The molecule has 1 aromatic carbocycles. The number of hydrogen-bond donors (Lipinski definition) is 3. The van der Waals surface area contributed by atoms with E-state index in [1.165, 1.54) is 56.1 Å². The maximum absolute atomic E-state index is 11.1. The summed E-state index contributed by atoms with van der Waals surface area (Å²) in [4.78, 5) is 14.6. The molecule has 0 fully saturated rings. The van der Waals surface area contributed by atoms with Crippen LogP contribution in [0.25, 0.3) is 0 Å². The number of carbonyl (C=O) groups is 1. The van der Waals surface area contributed by atoms with Gasteiger partial charge in [0.15, 0.2) is 0 Å². The first kappa shape index (κ1) is 20.2. The fourth-order valence-electron chi connectivity index (χ4n) is 3.91. The van der Waals surface area contributed by atoms with E-state index in [4.69, 9.17) is 10.9 Å². The van der Waals surface area contributed by atoms with Crippen LogP contribution in [0.2, 0.25) is 0 Å². The molecule has 0 atom stereocenters. The number of aryl methyl sites for hydroxylation is 2. The molecule has 2 aliphatic rings. The van der Waals surface area contributed by atoms with E-state index in [1.54, 1.807) is 11.3 Å². The van der Waals surface area contributed by atoms with Crippen LogP contribution < -0.4 is 16.2 Å². The Morgan fingerprint density at radius 2 is 1.78 bits per heavy atom. The Morgan fingerprint density at radius 1 is 1.15 bits per heavy atom. The van der Waals surface area contributed by atoms with Crippen LogP contribution in [0.15, 0.2) is 22.4 Å². The van der Waals surface area contributed by atoms with Gasteiger partial charge in [0.1, 0.15) is 0 Å². The van der Waals surface area contributed by atoms with E-state index in [0.717, 1.165) is 37.9 Å². The number of rotatable bonds is 4. The second-order valence-corrected chi connectivity index (χ2v) is 9.40. The lowest BCUT2D eigenvalue weighted by atomic mass is 9.99. The number of carbonyl (C=O) groups excluding carboxylic acids is 1. The van der Waals surface area contributed by atoms with Crippen molar-refractivity contribution in [2.24, 2.45) is 10.9 Å². The first-order valence-electron chi connectivity index (χ1n) is 9.31. The summed E-state index contributed by atoms with van der Waals surface area (Å²) in [6, 6.07) is 6.10. The zero-order chi connectivity index (χ0) is 19.4. The molecular formula is C20H28N4OS2. The smallest absolute Gasteiger partial charge is 0.316 e. The number of nitrogens with one attached hydrogen (secondary N) is 1.